The molecule has 14 heavy (non-hydrogen) atoms. The summed E-state index contributed by atoms with van der Waals surface area (Å²) in [6.45, 7) is 2.25. The molecule has 0 rings (SSSR count). The third-order valence-electron chi connectivity index (χ3n) is 2.43. The molecular weight excluding hydrogens is 172 g/mol. The maximum Gasteiger partial charge on any atom is 0.119 e. The maximum absolute atomic E-state index is 10.0. The minimum atomic E-state index is 0. The van der Waals surface area contributed by atoms with Crippen LogP contribution in [0, 0.1) is 0 Å². The molecule has 0 saturated carbocycles. The molecule has 0 fully saturated rings. The first-order chi connectivity index (χ1) is 6.41. The smallest absolute Gasteiger partial charge is 0.119 e. The monoisotopic (exact) mass is 200 g/mol. The van der Waals surface area contributed by atoms with E-state index in [0.717, 1.165) is 19.1 Å². The highest BCUT2D eigenvalue weighted by molar-refractivity contribution is 5.48. The van der Waals surface area contributed by atoms with Crippen LogP contribution in [0.2, 0.25) is 0 Å². The molecule has 0 N–H and O–H groups in total. The van der Waals surface area contributed by atoms with Crippen molar-refractivity contribution in [1.82, 2.24) is 0 Å². The fourth-order valence-electron chi connectivity index (χ4n) is 1.54. The van der Waals surface area contributed by atoms with Gasteiger partial charge in [-0.3, -0.25) is 0 Å². The largest absolute Gasteiger partial charge is 0.303 e. The highest BCUT2D eigenvalue weighted by Gasteiger charge is 1.91. The average Bonchev–Trinajstić information content (AvgIpc) is 2.16. The third-order valence-corrected chi connectivity index (χ3v) is 2.43. The molecular formula is C13H28O. The molecule has 0 atom stereocenters. The van der Waals surface area contributed by atoms with Crippen LogP contribution in [0.4, 0.5) is 0 Å². The van der Waals surface area contributed by atoms with Crippen molar-refractivity contribution >= 4 is 6.29 Å². The molecule has 0 aliphatic carbocycles. The molecule has 0 radical (unpaired) electrons. The Kier molecular flexibility index (Phi) is 17.4. The molecule has 0 aliphatic rings. The zero-order valence-electron chi connectivity index (χ0n) is 9.06. The Labute approximate surface area is 90.3 Å². The van der Waals surface area contributed by atoms with Gasteiger partial charge in [0, 0.05) is 6.42 Å². The lowest BCUT2D eigenvalue weighted by molar-refractivity contribution is -0.107. The van der Waals surface area contributed by atoms with Gasteiger partial charge in [-0.15, -0.1) is 0 Å². The molecule has 1 heteroatoms. The molecule has 0 bridgehead atoms. The van der Waals surface area contributed by atoms with E-state index < -0.39 is 0 Å². The highest BCUT2D eigenvalue weighted by atomic mass is 16.1. The van der Waals surface area contributed by atoms with Crippen molar-refractivity contribution in [1.29, 1.82) is 0 Å². The first-order valence-electron chi connectivity index (χ1n) is 5.85. The van der Waals surface area contributed by atoms with E-state index in [1.807, 2.05) is 0 Å². The van der Waals surface area contributed by atoms with Crippen molar-refractivity contribution in [3.05, 3.63) is 0 Å². The number of carbonyl (C=O) groups excluding carboxylic acids is 1. The maximum atomic E-state index is 10.0. The standard InChI is InChI=1S/C12H24O.CH4/c1-2-3-4-5-6-7-8-9-10-11-12-13;/h12H,2-11H2,1H3;1H4. The Morgan fingerprint density at radius 1 is 0.786 bits per heavy atom. The number of hydrogen-bond donors (Lipinski definition) is 0. The van der Waals surface area contributed by atoms with E-state index >= 15 is 0 Å². The van der Waals surface area contributed by atoms with Crippen molar-refractivity contribution < 1.29 is 4.79 Å². The van der Waals surface area contributed by atoms with Crippen LogP contribution in [0.5, 0.6) is 0 Å². The summed E-state index contributed by atoms with van der Waals surface area (Å²) in [5.74, 6) is 0. The fourth-order valence-corrected chi connectivity index (χ4v) is 1.54. The first-order valence-corrected chi connectivity index (χ1v) is 5.85. The van der Waals surface area contributed by atoms with Gasteiger partial charge in [0.25, 0.3) is 0 Å². The molecule has 0 aliphatic heterocycles. The van der Waals surface area contributed by atoms with E-state index in [4.69, 9.17) is 0 Å². The van der Waals surface area contributed by atoms with Crippen LogP contribution in [0.1, 0.15) is 78.6 Å². The fraction of sp³-hybridized carbons (Fsp3) is 0.923. The van der Waals surface area contributed by atoms with E-state index in [1.54, 1.807) is 0 Å². The van der Waals surface area contributed by atoms with Gasteiger partial charge in [0.2, 0.25) is 0 Å². The molecule has 0 aromatic rings. The van der Waals surface area contributed by atoms with Crippen LogP contribution < -0.4 is 0 Å². The van der Waals surface area contributed by atoms with E-state index in [1.165, 1.54) is 51.4 Å². The Morgan fingerprint density at radius 2 is 1.21 bits per heavy atom. The average molecular weight is 200 g/mol. The lowest BCUT2D eigenvalue weighted by Crippen LogP contribution is -1.81. The Morgan fingerprint density at radius 3 is 1.64 bits per heavy atom. The second-order valence-corrected chi connectivity index (χ2v) is 3.78. The van der Waals surface area contributed by atoms with Crippen LogP contribution in [0.25, 0.3) is 0 Å². The van der Waals surface area contributed by atoms with Gasteiger partial charge < -0.3 is 4.79 Å². The molecule has 0 amide bonds. The van der Waals surface area contributed by atoms with Crippen molar-refractivity contribution in [3.8, 4) is 0 Å². The predicted octanol–water partition coefficient (Wildman–Crippen LogP) is 4.74. The summed E-state index contributed by atoms with van der Waals surface area (Å²) in [5, 5.41) is 0. The summed E-state index contributed by atoms with van der Waals surface area (Å²) in [6, 6.07) is 0. The molecule has 0 spiro atoms. The SMILES string of the molecule is C.CCCCCCCCCCCC=O. The lowest BCUT2D eigenvalue weighted by atomic mass is 10.1. The number of rotatable bonds is 10. The van der Waals surface area contributed by atoms with Crippen LogP contribution in [-0.4, -0.2) is 6.29 Å². The van der Waals surface area contributed by atoms with Gasteiger partial charge in [0.1, 0.15) is 6.29 Å². The molecule has 0 aromatic heterocycles. The lowest BCUT2D eigenvalue weighted by Gasteiger charge is -1.99. The van der Waals surface area contributed by atoms with Gasteiger partial charge in [-0.05, 0) is 6.42 Å². The first kappa shape index (κ1) is 16.1. The van der Waals surface area contributed by atoms with Crippen LogP contribution in [0.3, 0.4) is 0 Å². The van der Waals surface area contributed by atoms with Gasteiger partial charge in [0.05, 0.1) is 0 Å². The van der Waals surface area contributed by atoms with Crippen LogP contribution in [0.15, 0.2) is 0 Å². The zero-order valence-corrected chi connectivity index (χ0v) is 9.06. The summed E-state index contributed by atoms with van der Waals surface area (Å²) in [6.07, 6.45) is 13.7. The molecule has 0 aromatic carbocycles. The van der Waals surface area contributed by atoms with Gasteiger partial charge in [0.15, 0.2) is 0 Å². The van der Waals surface area contributed by atoms with Gasteiger partial charge in [-0.2, -0.15) is 0 Å². The van der Waals surface area contributed by atoms with Gasteiger partial charge in [-0.25, -0.2) is 0 Å². The number of unbranched alkanes of at least 4 members (excludes halogenated alkanes) is 9. The molecule has 86 valence electrons. The molecule has 0 unspecified atom stereocenters. The molecule has 1 nitrogen and oxygen atoms in total. The minimum Gasteiger partial charge on any atom is -0.303 e. The van der Waals surface area contributed by atoms with Crippen molar-refractivity contribution in [2.45, 2.75) is 78.6 Å². The Balaban J connectivity index is 0. The summed E-state index contributed by atoms with van der Waals surface area (Å²) in [5.41, 5.74) is 0. The quantitative estimate of drug-likeness (QED) is 0.367. The summed E-state index contributed by atoms with van der Waals surface area (Å²) in [4.78, 5) is 10.0. The van der Waals surface area contributed by atoms with E-state index in [0.29, 0.717) is 0 Å². The Bertz CT molecular complexity index is 99.4. The van der Waals surface area contributed by atoms with Crippen LogP contribution >= 0.6 is 0 Å². The van der Waals surface area contributed by atoms with Crippen molar-refractivity contribution in [3.63, 3.8) is 0 Å². The van der Waals surface area contributed by atoms with Gasteiger partial charge >= 0.3 is 0 Å². The number of aldehydes is 1. The number of hydrogen-bond acceptors (Lipinski definition) is 1. The molecule has 0 heterocycles. The predicted molar refractivity (Wildman–Crippen MR) is 64.6 cm³/mol. The van der Waals surface area contributed by atoms with Gasteiger partial charge in [-0.1, -0.05) is 65.7 Å². The topological polar surface area (TPSA) is 17.1 Å². The van der Waals surface area contributed by atoms with E-state index in [2.05, 4.69) is 6.92 Å². The minimum absolute atomic E-state index is 0. The highest BCUT2D eigenvalue weighted by Crippen LogP contribution is 2.09. The summed E-state index contributed by atoms with van der Waals surface area (Å²) >= 11 is 0. The second-order valence-electron chi connectivity index (χ2n) is 3.78. The number of carbonyl (C=O) groups is 1. The third kappa shape index (κ3) is 14.2. The van der Waals surface area contributed by atoms with Crippen molar-refractivity contribution in [2.75, 3.05) is 0 Å². The second kappa shape index (κ2) is 15.2. The summed E-state index contributed by atoms with van der Waals surface area (Å²) in [7, 11) is 0. The van der Waals surface area contributed by atoms with Crippen molar-refractivity contribution in [2.24, 2.45) is 0 Å². The summed E-state index contributed by atoms with van der Waals surface area (Å²) < 4.78 is 0. The van der Waals surface area contributed by atoms with E-state index in [-0.39, 0.29) is 7.43 Å². The Hall–Kier alpha value is -0.330. The van der Waals surface area contributed by atoms with Crippen LogP contribution in [-0.2, 0) is 4.79 Å². The molecule has 0 saturated heterocycles. The zero-order chi connectivity index (χ0) is 9.78. The van der Waals surface area contributed by atoms with E-state index in [9.17, 15) is 4.79 Å². The normalized spacial score (nSPS) is 9.50.